The molecule has 1 amide bonds. The van der Waals surface area contributed by atoms with Gasteiger partial charge in [-0.1, -0.05) is 49.6 Å². The summed E-state index contributed by atoms with van der Waals surface area (Å²) in [4.78, 5) is 27.8. The van der Waals surface area contributed by atoms with Crippen molar-refractivity contribution in [2.24, 2.45) is 0 Å². The fourth-order valence-electron chi connectivity index (χ4n) is 3.92. The van der Waals surface area contributed by atoms with Crippen LogP contribution in [0.3, 0.4) is 0 Å². The van der Waals surface area contributed by atoms with Crippen molar-refractivity contribution in [1.82, 2.24) is 24.7 Å². The standard InChI is InChI=1S/C22H25N5O3/c1-2-25(17-11-5-3-6-12-17)21(28)27-22(29)26(23-24-27)19-15-9-10-16-20(19)30-18-13-7-4-8-14-18/h4,7-10,13-17H,2-3,5-6,11-12H2,1H3. The van der Waals surface area contributed by atoms with Crippen LogP contribution in [-0.2, 0) is 0 Å². The predicted octanol–water partition coefficient (Wildman–Crippen LogP) is 3.84. The van der Waals surface area contributed by atoms with E-state index in [0.29, 0.717) is 23.7 Å². The van der Waals surface area contributed by atoms with Crippen molar-refractivity contribution in [3.8, 4) is 17.2 Å². The Morgan fingerprint density at radius 3 is 2.47 bits per heavy atom. The molecular formula is C22H25N5O3. The molecular weight excluding hydrogens is 382 g/mol. The highest BCUT2D eigenvalue weighted by molar-refractivity contribution is 5.76. The number of nitrogens with zero attached hydrogens (tertiary/aromatic N) is 5. The minimum absolute atomic E-state index is 0.141. The molecule has 1 aliphatic rings. The molecule has 30 heavy (non-hydrogen) atoms. The van der Waals surface area contributed by atoms with Crippen molar-refractivity contribution in [3.05, 3.63) is 65.1 Å². The van der Waals surface area contributed by atoms with Gasteiger partial charge in [-0.15, -0.1) is 4.68 Å². The first-order valence-electron chi connectivity index (χ1n) is 10.4. The molecule has 0 spiro atoms. The van der Waals surface area contributed by atoms with Gasteiger partial charge in [-0.25, -0.2) is 9.59 Å². The van der Waals surface area contributed by atoms with E-state index < -0.39 is 11.7 Å². The van der Waals surface area contributed by atoms with Crippen LogP contribution in [0, 0.1) is 0 Å². The molecule has 8 nitrogen and oxygen atoms in total. The number of hydrogen-bond acceptors (Lipinski definition) is 5. The highest BCUT2D eigenvalue weighted by Crippen LogP contribution is 2.27. The molecule has 0 atom stereocenters. The predicted molar refractivity (Wildman–Crippen MR) is 112 cm³/mol. The fourth-order valence-corrected chi connectivity index (χ4v) is 3.92. The van der Waals surface area contributed by atoms with E-state index >= 15 is 0 Å². The minimum Gasteiger partial charge on any atom is -0.455 e. The van der Waals surface area contributed by atoms with Gasteiger partial charge >= 0.3 is 11.7 Å². The summed E-state index contributed by atoms with van der Waals surface area (Å²) in [5.41, 5.74) is -0.190. The largest absolute Gasteiger partial charge is 0.455 e. The van der Waals surface area contributed by atoms with E-state index in [1.54, 1.807) is 23.1 Å². The molecule has 0 aliphatic heterocycles. The third-order valence-corrected chi connectivity index (χ3v) is 5.43. The lowest BCUT2D eigenvalue weighted by Crippen LogP contribution is -2.46. The molecule has 0 unspecified atom stereocenters. The van der Waals surface area contributed by atoms with Crippen LogP contribution in [0.25, 0.3) is 5.69 Å². The minimum atomic E-state index is -0.613. The topological polar surface area (TPSA) is 82.2 Å². The second-order valence-electron chi connectivity index (χ2n) is 7.33. The monoisotopic (exact) mass is 407 g/mol. The summed E-state index contributed by atoms with van der Waals surface area (Å²) in [5.74, 6) is 1.08. The van der Waals surface area contributed by atoms with Crippen LogP contribution in [0.5, 0.6) is 11.5 Å². The second-order valence-corrected chi connectivity index (χ2v) is 7.33. The van der Waals surface area contributed by atoms with Crippen LogP contribution < -0.4 is 10.4 Å². The lowest BCUT2D eigenvalue weighted by Gasteiger charge is -2.32. The van der Waals surface area contributed by atoms with Crippen molar-refractivity contribution in [2.45, 2.75) is 45.1 Å². The van der Waals surface area contributed by atoms with Crippen molar-refractivity contribution in [2.75, 3.05) is 6.54 Å². The normalized spacial score (nSPS) is 14.4. The van der Waals surface area contributed by atoms with Crippen molar-refractivity contribution < 1.29 is 9.53 Å². The van der Waals surface area contributed by atoms with Gasteiger partial charge in [0.15, 0.2) is 5.75 Å². The quantitative estimate of drug-likeness (QED) is 0.600. The number of benzene rings is 2. The van der Waals surface area contributed by atoms with Gasteiger partial charge in [-0.05, 0) is 54.5 Å². The van der Waals surface area contributed by atoms with Gasteiger partial charge in [0.05, 0.1) is 0 Å². The number of aromatic nitrogens is 4. The van der Waals surface area contributed by atoms with Crippen molar-refractivity contribution >= 4 is 6.03 Å². The maximum absolute atomic E-state index is 13.1. The summed E-state index contributed by atoms with van der Waals surface area (Å²) < 4.78 is 7.87. The van der Waals surface area contributed by atoms with Crippen molar-refractivity contribution in [3.63, 3.8) is 0 Å². The van der Waals surface area contributed by atoms with Crippen LogP contribution >= 0.6 is 0 Å². The van der Waals surface area contributed by atoms with Crippen molar-refractivity contribution in [1.29, 1.82) is 0 Å². The zero-order valence-electron chi connectivity index (χ0n) is 17.0. The number of para-hydroxylation sites is 3. The molecule has 1 aliphatic carbocycles. The van der Waals surface area contributed by atoms with Crippen LogP contribution in [0.4, 0.5) is 4.79 Å². The summed E-state index contributed by atoms with van der Waals surface area (Å²) in [6, 6.07) is 16.0. The molecule has 4 rings (SSSR count). The van der Waals surface area contributed by atoms with Gasteiger partial charge < -0.3 is 9.64 Å². The Labute approximate surface area is 174 Å². The van der Waals surface area contributed by atoms with Gasteiger partial charge in [0.2, 0.25) is 0 Å². The highest BCUT2D eigenvalue weighted by atomic mass is 16.5. The zero-order valence-corrected chi connectivity index (χ0v) is 17.0. The second kappa shape index (κ2) is 8.94. The molecule has 3 aromatic rings. The van der Waals surface area contributed by atoms with Crippen LogP contribution in [0.1, 0.15) is 39.0 Å². The highest BCUT2D eigenvalue weighted by Gasteiger charge is 2.28. The molecule has 1 fully saturated rings. The summed E-state index contributed by atoms with van der Waals surface area (Å²) in [6.45, 7) is 2.45. The number of hydrogen-bond donors (Lipinski definition) is 0. The number of rotatable bonds is 5. The number of carbonyl (C=O) groups is 1. The summed E-state index contributed by atoms with van der Waals surface area (Å²) in [5, 5.41) is 7.84. The van der Waals surface area contributed by atoms with Gasteiger partial charge in [-0.2, -0.15) is 4.68 Å². The molecule has 1 aromatic heterocycles. The van der Waals surface area contributed by atoms with Gasteiger partial charge in [0.25, 0.3) is 0 Å². The first kappa shape index (κ1) is 19.9. The molecule has 1 saturated carbocycles. The Hall–Kier alpha value is -3.42. The SMILES string of the molecule is CCN(C(=O)n1nnn(-c2ccccc2Oc2ccccc2)c1=O)C1CCCCC1. The van der Waals surface area contributed by atoms with E-state index in [2.05, 4.69) is 10.4 Å². The van der Waals surface area contributed by atoms with E-state index in [4.69, 9.17) is 4.74 Å². The van der Waals surface area contributed by atoms with E-state index in [-0.39, 0.29) is 6.04 Å². The lowest BCUT2D eigenvalue weighted by atomic mass is 9.94. The Kier molecular flexibility index (Phi) is 5.92. The van der Waals surface area contributed by atoms with Gasteiger partial charge in [0.1, 0.15) is 11.4 Å². The summed E-state index contributed by atoms with van der Waals surface area (Å²) in [7, 11) is 0. The Balaban J connectivity index is 1.64. The maximum atomic E-state index is 13.1. The average molecular weight is 407 g/mol. The van der Waals surface area contributed by atoms with E-state index in [0.717, 1.165) is 35.0 Å². The lowest BCUT2D eigenvalue weighted by molar-refractivity contribution is 0.157. The number of amides is 1. The Bertz CT molecular complexity index is 1050. The molecule has 0 radical (unpaired) electrons. The molecule has 156 valence electrons. The van der Waals surface area contributed by atoms with Gasteiger partial charge in [0, 0.05) is 12.6 Å². The third-order valence-electron chi connectivity index (χ3n) is 5.43. The molecule has 0 N–H and O–H groups in total. The molecule has 2 aromatic carbocycles. The van der Waals surface area contributed by atoms with Gasteiger partial charge in [-0.3, -0.25) is 0 Å². The van der Waals surface area contributed by atoms with Crippen LogP contribution in [0.15, 0.2) is 59.4 Å². The van der Waals surface area contributed by atoms with E-state index in [1.165, 1.54) is 6.42 Å². The molecule has 8 heteroatoms. The smallest absolute Gasteiger partial charge is 0.377 e. The fraction of sp³-hybridized carbons (Fsp3) is 0.364. The van der Waals surface area contributed by atoms with Crippen LogP contribution in [0.2, 0.25) is 0 Å². The van der Waals surface area contributed by atoms with E-state index in [1.807, 2.05) is 43.3 Å². The Morgan fingerprint density at radius 1 is 1.03 bits per heavy atom. The molecule has 0 bridgehead atoms. The molecule has 1 heterocycles. The zero-order chi connectivity index (χ0) is 20.9. The summed E-state index contributed by atoms with van der Waals surface area (Å²) >= 11 is 0. The number of tetrazole rings is 1. The molecule has 0 saturated heterocycles. The third kappa shape index (κ3) is 3.98. The number of carbonyl (C=O) groups excluding carboxylic acids is 1. The van der Waals surface area contributed by atoms with E-state index in [9.17, 15) is 9.59 Å². The average Bonchev–Trinajstić information content (AvgIpc) is 3.17. The Morgan fingerprint density at radius 2 is 1.73 bits per heavy atom. The number of ether oxygens (including phenoxy) is 1. The summed E-state index contributed by atoms with van der Waals surface area (Å²) in [6.07, 6.45) is 5.30. The maximum Gasteiger partial charge on any atom is 0.377 e. The first-order valence-corrected chi connectivity index (χ1v) is 10.4. The first-order chi connectivity index (χ1) is 14.7. The van der Waals surface area contributed by atoms with Crippen LogP contribution in [-0.4, -0.2) is 43.3 Å².